The molecule has 5 heteroatoms. The van der Waals surface area contributed by atoms with Gasteiger partial charge >= 0.3 is 0 Å². The zero-order chi connectivity index (χ0) is 14.4. The number of benzene rings is 1. The van der Waals surface area contributed by atoms with E-state index in [0.29, 0.717) is 30.6 Å². The van der Waals surface area contributed by atoms with E-state index >= 15 is 0 Å². The molecule has 0 saturated heterocycles. The molecule has 1 unspecified atom stereocenters. The van der Waals surface area contributed by atoms with Gasteiger partial charge in [-0.15, -0.1) is 0 Å². The molecular weight excluding hydrogens is 256 g/mol. The van der Waals surface area contributed by atoms with E-state index in [0.717, 1.165) is 12.8 Å². The Morgan fingerprint density at radius 2 is 2.10 bits per heavy atom. The van der Waals surface area contributed by atoms with Gasteiger partial charge in [0.1, 0.15) is 18.5 Å². The number of hydrogen-bond donors (Lipinski definition) is 3. The topological polar surface area (TPSA) is 79.0 Å². The maximum Gasteiger partial charge on any atom is 0.142 e. The minimum atomic E-state index is -0.582. The van der Waals surface area contributed by atoms with Gasteiger partial charge in [0.2, 0.25) is 0 Å². The molecular formula is C15H24N2O3. The van der Waals surface area contributed by atoms with E-state index in [9.17, 15) is 5.11 Å². The first kappa shape index (κ1) is 15.1. The van der Waals surface area contributed by atoms with Crippen molar-refractivity contribution in [3.63, 3.8) is 0 Å². The predicted octanol–water partition coefficient (Wildman–Crippen LogP) is 0.855. The molecule has 0 aromatic heterocycles. The molecule has 4 N–H and O–H groups in total. The molecule has 1 aromatic carbocycles. The van der Waals surface area contributed by atoms with Gasteiger partial charge in [-0.25, -0.2) is 0 Å². The SMILES string of the molecule is Nc1ccccc1OCC(O)CN(CCO)C1CCC1. The van der Waals surface area contributed by atoms with Gasteiger partial charge in [0.25, 0.3) is 0 Å². The highest BCUT2D eigenvalue weighted by Crippen LogP contribution is 2.25. The van der Waals surface area contributed by atoms with Gasteiger partial charge < -0.3 is 20.7 Å². The molecule has 1 aliphatic carbocycles. The summed E-state index contributed by atoms with van der Waals surface area (Å²) >= 11 is 0. The minimum absolute atomic E-state index is 0.121. The van der Waals surface area contributed by atoms with Crippen LogP contribution in [0.5, 0.6) is 5.75 Å². The molecule has 20 heavy (non-hydrogen) atoms. The summed E-state index contributed by atoms with van der Waals surface area (Å²) in [7, 11) is 0. The molecule has 1 atom stereocenters. The van der Waals surface area contributed by atoms with Gasteiger partial charge in [0, 0.05) is 19.1 Å². The van der Waals surface area contributed by atoms with Gasteiger partial charge in [-0.1, -0.05) is 18.6 Å². The molecule has 2 rings (SSSR count). The molecule has 0 spiro atoms. The highest BCUT2D eigenvalue weighted by atomic mass is 16.5. The van der Waals surface area contributed by atoms with Crippen LogP contribution in [0.4, 0.5) is 5.69 Å². The van der Waals surface area contributed by atoms with Gasteiger partial charge in [-0.3, -0.25) is 4.90 Å². The van der Waals surface area contributed by atoms with Crippen LogP contribution in [0.15, 0.2) is 24.3 Å². The molecule has 5 nitrogen and oxygen atoms in total. The summed E-state index contributed by atoms with van der Waals surface area (Å²) in [6.07, 6.45) is 2.96. The van der Waals surface area contributed by atoms with Crippen LogP contribution < -0.4 is 10.5 Å². The molecule has 1 aliphatic rings. The van der Waals surface area contributed by atoms with Crippen LogP contribution in [0, 0.1) is 0 Å². The van der Waals surface area contributed by atoms with Crippen LogP contribution >= 0.6 is 0 Å². The highest BCUT2D eigenvalue weighted by molar-refractivity contribution is 5.51. The first-order valence-corrected chi connectivity index (χ1v) is 7.21. The van der Waals surface area contributed by atoms with E-state index in [-0.39, 0.29) is 13.2 Å². The fraction of sp³-hybridized carbons (Fsp3) is 0.600. The number of anilines is 1. The Morgan fingerprint density at radius 1 is 1.35 bits per heavy atom. The Morgan fingerprint density at radius 3 is 2.70 bits per heavy atom. The average Bonchev–Trinajstić information content (AvgIpc) is 2.36. The van der Waals surface area contributed by atoms with E-state index in [4.69, 9.17) is 15.6 Å². The third kappa shape index (κ3) is 4.10. The van der Waals surface area contributed by atoms with E-state index < -0.39 is 6.10 Å². The zero-order valence-corrected chi connectivity index (χ0v) is 11.7. The molecule has 0 bridgehead atoms. The second-order valence-electron chi connectivity index (χ2n) is 5.31. The van der Waals surface area contributed by atoms with Crippen molar-refractivity contribution in [3.05, 3.63) is 24.3 Å². The smallest absolute Gasteiger partial charge is 0.142 e. The third-order valence-corrected chi connectivity index (χ3v) is 3.77. The van der Waals surface area contributed by atoms with E-state index in [1.165, 1.54) is 6.42 Å². The summed E-state index contributed by atoms with van der Waals surface area (Å²) in [6.45, 7) is 1.46. The van der Waals surface area contributed by atoms with Crippen molar-refractivity contribution in [2.45, 2.75) is 31.4 Å². The molecule has 112 valence electrons. The van der Waals surface area contributed by atoms with Gasteiger partial charge in [0.05, 0.1) is 12.3 Å². The van der Waals surface area contributed by atoms with E-state index in [2.05, 4.69) is 4.90 Å². The fourth-order valence-corrected chi connectivity index (χ4v) is 2.42. The maximum absolute atomic E-state index is 10.1. The molecule has 1 fully saturated rings. The standard InChI is InChI=1S/C15H24N2O3/c16-14-6-1-2-7-15(14)20-11-13(19)10-17(8-9-18)12-4-3-5-12/h1-2,6-7,12-13,18-19H,3-5,8-11,16H2. The lowest BCUT2D eigenvalue weighted by molar-refractivity contribution is 0.0259. The van der Waals surface area contributed by atoms with Crippen molar-refractivity contribution in [2.75, 3.05) is 32.0 Å². The van der Waals surface area contributed by atoms with Gasteiger partial charge in [-0.05, 0) is 25.0 Å². The number of aliphatic hydroxyl groups excluding tert-OH is 2. The Kier molecular flexibility index (Phi) is 5.64. The summed E-state index contributed by atoms with van der Waals surface area (Å²) in [6, 6.07) is 7.76. The molecule has 1 aromatic rings. The number of rotatable bonds is 8. The largest absolute Gasteiger partial charge is 0.489 e. The lowest BCUT2D eigenvalue weighted by Gasteiger charge is -2.38. The van der Waals surface area contributed by atoms with Crippen molar-refractivity contribution in [2.24, 2.45) is 0 Å². The Bertz CT molecular complexity index is 410. The average molecular weight is 280 g/mol. The van der Waals surface area contributed by atoms with E-state index in [1.54, 1.807) is 12.1 Å². The summed E-state index contributed by atoms with van der Waals surface area (Å²) < 4.78 is 5.54. The molecule has 1 saturated carbocycles. The molecule has 0 aliphatic heterocycles. The predicted molar refractivity (Wildman–Crippen MR) is 78.7 cm³/mol. The normalized spacial score (nSPS) is 16.9. The number of nitrogens with zero attached hydrogens (tertiary/aromatic N) is 1. The Balaban J connectivity index is 1.78. The van der Waals surface area contributed by atoms with E-state index in [1.807, 2.05) is 12.1 Å². The van der Waals surface area contributed by atoms with Crippen LogP contribution in [0.2, 0.25) is 0 Å². The lowest BCUT2D eigenvalue weighted by atomic mass is 9.91. The number of nitrogens with two attached hydrogens (primary N) is 1. The van der Waals surface area contributed by atoms with Gasteiger partial charge in [-0.2, -0.15) is 0 Å². The number of ether oxygens (including phenoxy) is 1. The molecule has 0 heterocycles. The monoisotopic (exact) mass is 280 g/mol. The maximum atomic E-state index is 10.1. The number of para-hydroxylation sites is 2. The second kappa shape index (κ2) is 7.47. The van der Waals surface area contributed by atoms with Gasteiger partial charge in [0.15, 0.2) is 0 Å². The van der Waals surface area contributed by atoms with Crippen molar-refractivity contribution >= 4 is 5.69 Å². The van der Waals surface area contributed by atoms with Crippen molar-refractivity contribution in [1.29, 1.82) is 0 Å². The summed E-state index contributed by atoms with van der Waals surface area (Å²) in [4.78, 5) is 2.14. The number of nitrogen functional groups attached to an aromatic ring is 1. The summed E-state index contributed by atoms with van der Waals surface area (Å²) in [5, 5.41) is 19.2. The summed E-state index contributed by atoms with van der Waals surface area (Å²) in [5.41, 5.74) is 6.36. The third-order valence-electron chi connectivity index (χ3n) is 3.77. The lowest BCUT2D eigenvalue weighted by Crippen LogP contribution is -2.46. The Labute approximate surface area is 120 Å². The van der Waals surface area contributed by atoms with Crippen molar-refractivity contribution < 1.29 is 14.9 Å². The van der Waals surface area contributed by atoms with Crippen molar-refractivity contribution in [1.82, 2.24) is 4.90 Å². The van der Waals surface area contributed by atoms with Crippen LogP contribution in [0.3, 0.4) is 0 Å². The zero-order valence-electron chi connectivity index (χ0n) is 11.7. The van der Waals surface area contributed by atoms with Crippen LogP contribution in [0.25, 0.3) is 0 Å². The quantitative estimate of drug-likeness (QED) is 0.615. The number of aliphatic hydroxyl groups is 2. The number of hydrogen-bond acceptors (Lipinski definition) is 5. The first-order valence-electron chi connectivity index (χ1n) is 7.21. The van der Waals surface area contributed by atoms with Crippen LogP contribution in [-0.2, 0) is 0 Å². The molecule has 0 radical (unpaired) electrons. The Hall–Kier alpha value is -1.30. The highest BCUT2D eigenvalue weighted by Gasteiger charge is 2.26. The summed E-state index contributed by atoms with van der Waals surface area (Å²) in [5.74, 6) is 0.601. The van der Waals surface area contributed by atoms with Crippen molar-refractivity contribution in [3.8, 4) is 5.75 Å². The minimum Gasteiger partial charge on any atom is -0.489 e. The fourth-order valence-electron chi connectivity index (χ4n) is 2.42. The molecule has 0 amide bonds. The first-order chi connectivity index (χ1) is 9.70. The van der Waals surface area contributed by atoms with Crippen LogP contribution in [0.1, 0.15) is 19.3 Å². The van der Waals surface area contributed by atoms with Crippen LogP contribution in [-0.4, -0.2) is 53.6 Å². The second-order valence-corrected chi connectivity index (χ2v) is 5.31.